The van der Waals surface area contributed by atoms with Crippen LogP contribution in [-0.4, -0.2) is 34.1 Å². The van der Waals surface area contributed by atoms with Crippen LogP contribution in [0.4, 0.5) is 20.3 Å². The topological polar surface area (TPSA) is 79.8 Å². The Bertz CT molecular complexity index is 905. The molecule has 0 aliphatic carbocycles. The summed E-state index contributed by atoms with van der Waals surface area (Å²) in [7, 11) is 0. The van der Waals surface area contributed by atoms with E-state index in [0.29, 0.717) is 11.6 Å². The van der Waals surface area contributed by atoms with E-state index in [2.05, 4.69) is 25.6 Å². The van der Waals surface area contributed by atoms with Crippen LogP contribution < -0.4 is 10.6 Å². The molecule has 3 aromatic rings. The minimum atomic E-state index is -0.680. The number of benzene rings is 1. The van der Waals surface area contributed by atoms with Gasteiger partial charge in [0.25, 0.3) is 5.91 Å². The summed E-state index contributed by atoms with van der Waals surface area (Å²) in [4.78, 5) is 24.2. The molecule has 0 bridgehead atoms. The molecule has 2 aromatic heterocycles. The zero-order chi connectivity index (χ0) is 18.4. The van der Waals surface area contributed by atoms with Gasteiger partial charge in [0.05, 0.1) is 5.69 Å². The SMILES string of the molecule is O=C(NCCF)c1ccc(Nc2ccnc(-c3cccnc3)n2)c(F)c1. The number of nitrogens with one attached hydrogen (secondary N) is 2. The zero-order valence-electron chi connectivity index (χ0n) is 13.6. The van der Waals surface area contributed by atoms with Crippen molar-refractivity contribution in [2.75, 3.05) is 18.5 Å². The molecule has 0 radical (unpaired) electrons. The van der Waals surface area contributed by atoms with Crippen molar-refractivity contribution in [3.8, 4) is 11.4 Å². The number of hydrogen-bond acceptors (Lipinski definition) is 5. The fourth-order valence-electron chi connectivity index (χ4n) is 2.22. The molecule has 2 heterocycles. The van der Waals surface area contributed by atoms with Crippen molar-refractivity contribution in [1.29, 1.82) is 0 Å². The van der Waals surface area contributed by atoms with Gasteiger partial charge in [-0.15, -0.1) is 0 Å². The quantitative estimate of drug-likeness (QED) is 0.710. The number of alkyl halides is 1. The smallest absolute Gasteiger partial charge is 0.251 e. The third-order valence-electron chi connectivity index (χ3n) is 3.45. The minimum absolute atomic E-state index is 0.111. The van der Waals surface area contributed by atoms with Crippen molar-refractivity contribution in [2.24, 2.45) is 0 Å². The number of amides is 1. The van der Waals surface area contributed by atoms with Crippen molar-refractivity contribution in [3.05, 3.63) is 66.4 Å². The second-order valence-electron chi connectivity index (χ2n) is 5.27. The summed E-state index contributed by atoms with van der Waals surface area (Å²) >= 11 is 0. The van der Waals surface area contributed by atoms with Crippen molar-refractivity contribution >= 4 is 17.4 Å². The van der Waals surface area contributed by atoms with Crippen LogP contribution in [0.3, 0.4) is 0 Å². The maximum Gasteiger partial charge on any atom is 0.251 e. The largest absolute Gasteiger partial charge is 0.349 e. The van der Waals surface area contributed by atoms with Gasteiger partial charge in [-0.1, -0.05) is 0 Å². The van der Waals surface area contributed by atoms with Crippen molar-refractivity contribution in [3.63, 3.8) is 0 Å². The van der Waals surface area contributed by atoms with Crippen LogP contribution >= 0.6 is 0 Å². The Morgan fingerprint density at radius 2 is 2.04 bits per heavy atom. The number of anilines is 2. The van der Waals surface area contributed by atoms with Gasteiger partial charge >= 0.3 is 0 Å². The molecule has 0 saturated carbocycles. The van der Waals surface area contributed by atoms with Crippen LogP contribution in [0.5, 0.6) is 0 Å². The fourth-order valence-corrected chi connectivity index (χ4v) is 2.22. The molecule has 26 heavy (non-hydrogen) atoms. The molecule has 0 atom stereocenters. The Balaban J connectivity index is 1.78. The summed E-state index contributed by atoms with van der Waals surface area (Å²) in [5.74, 6) is -0.313. The number of carbonyl (C=O) groups excluding carboxylic acids is 1. The molecule has 8 heteroatoms. The molecular formula is C18H15F2N5O. The molecule has 2 N–H and O–H groups in total. The highest BCUT2D eigenvalue weighted by Crippen LogP contribution is 2.21. The first-order valence-corrected chi connectivity index (χ1v) is 7.81. The van der Waals surface area contributed by atoms with Gasteiger partial charge in [-0.3, -0.25) is 9.78 Å². The third kappa shape index (κ3) is 4.15. The van der Waals surface area contributed by atoms with E-state index < -0.39 is 18.4 Å². The number of carbonyl (C=O) groups is 1. The minimum Gasteiger partial charge on any atom is -0.349 e. The maximum atomic E-state index is 14.3. The van der Waals surface area contributed by atoms with Crippen LogP contribution in [0.25, 0.3) is 11.4 Å². The van der Waals surface area contributed by atoms with E-state index in [1.807, 2.05) is 6.07 Å². The summed E-state index contributed by atoms with van der Waals surface area (Å²) in [5, 5.41) is 5.20. The fraction of sp³-hybridized carbons (Fsp3) is 0.111. The lowest BCUT2D eigenvalue weighted by Gasteiger charge is -2.09. The van der Waals surface area contributed by atoms with Gasteiger partial charge in [0.15, 0.2) is 5.82 Å². The van der Waals surface area contributed by atoms with Gasteiger partial charge in [0.2, 0.25) is 0 Å². The molecule has 3 rings (SSSR count). The molecule has 1 aromatic carbocycles. The Hall–Kier alpha value is -3.42. The first-order valence-electron chi connectivity index (χ1n) is 7.81. The molecule has 0 fully saturated rings. The zero-order valence-corrected chi connectivity index (χ0v) is 13.6. The Labute approximate surface area is 148 Å². The molecule has 1 amide bonds. The van der Waals surface area contributed by atoms with Gasteiger partial charge in [-0.2, -0.15) is 0 Å². The first-order chi connectivity index (χ1) is 12.7. The molecule has 132 valence electrons. The predicted octanol–water partition coefficient (Wildman–Crippen LogP) is 3.12. The molecule has 0 aliphatic rings. The molecule has 0 aliphatic heterocycles. The van der Waals surface area contributed by atoms with Gasteiger partial charge in [-0.05, 0) is 36.4 Å². The molecule has 0 spiro atoms. The van der Waals surface area contributed by atoms with E-state index in [4.69, 9.17) is 0 Å². The van der Waals surface area contributed by atoms with E-state index in [-0.39, 0.29) is 17.8 Å². The summed E-state index contributed by atoms with van der Waals surface area (Å²) in [6.45, 7) is -0.792. The molecule has 0 unspecified atom stereocenters. The molecule has 6 nitrogen and oxygen atoms in total. The standard InChI is InChI=1S/C18H15F2N5O/c19-6-9-23-18(26)12-3-4-15(14(20)10-12)24-16-5-8-22-17(25-16)13-2-1-7-21-11-13/h1-5,7-8,10-11H,6,9H2,(H,23,26)(H,22,24,25). The van der Waals surface area contributed by atoms with Crippen molar-refractivity contribution in [2.45, 2.75) is 0 Å². The number of aromatic nitrogens is 3. The first kappa shape index (κ1) is 17.4. The highest BCUT2D eigenvalue weighted by atomic mass is 19.1. The van der Waals surface area contributed by atoms with E-state index in [1.165, 1.54) is 12.1 Å². The number of halogens is 2. The second-order valence-corrected chi connectivity index (χ2v) is 5.27. The van der Waals surface area contributed by atoms with Crippen LogP contribution in [0.15, 0.2) is 55.0 Å². The molecule has 0 saturated heterocycles. The van der Waals surface area contributed by atoms with Gasteiger partial charge < -0.3 is 10.6 Å². The third-order valence-corrected chi connectivity index (χ3v) is 3.45. The Kier molecular flexibility index (Phi) is 5.43. The average Bonchev–Trinajstić information content (AvgIpc) is 2.68. The van der Waals surface area contributed by atoms with Crippen LogP contribution in [0.2, 0.25) is 0 Å². The highest BCUT2D eigenvalue weighted by molar-refractivity contribution is 5.94. The van der Waals surface area contributed by atoms with Gasteiger partial charge in [0.1, 0.15) is 18.3 Å². The van der Waals surface area contributed by atoms with Crippen LogP contribution in [-0.2, 0) is 0 Å². The normalized spacial score (nSPS) is 10.4. The Morgan fingerprint density at radius 3 is 2.77 bits per heavy atom. The number of rotatable bonds is 6. The summed E-state index contributed by atoms with van der Waals surface area (Å²) in [6, 6.07) is 9.14. The monoisotopic (exact) mass is 355 g/mol. The van der Waals surface area contributed by atoms with E-state index >= 15 is 0 Å². The van der Waals surface area contributed by atoms with Gasteiger partial charge in [0, 0.05) is 36.3 Å². The van der Waals surface area contributed by atoms with Gasteiger partial charge in [-0.25, -0.2) is 18.7 Å². The Morgan fingerprint density at radius 1 is 1.15 bits per heavy atom. The highest BCUT2D eigenvalue weighted by Gasteiger charge is 2.11. The second kappa shape index (κ2) is 8.11. The number of pyridine rings is 1. The summed E-state index contributed by atoms with van der Waals surface area (Å²) < 4.78 is 26.4. The lowest BCUT2D eigenvalue weighted by atomic mass is 10.2. The average molecular weight is 355 g/mol. The van der Waals surface area contributed by atoms with E-state index in [9.17, 15) is 13.6 Å². The lowest BCUT2D eigenvalue weighted by Crippen LogP contribution is -2.25. The summed E-state index contributed by atoms with van der Waals surface area (Å²) in [5.41, 5.74) is 1.000. The maximum absolute atomic E-state index is 14.3. The predicted molar refractivity (Wildman–Crippen MR) is 93.3 cm³/mol. The number of nitrogens with zero attached hydrogens (tertiary/aromatic N) is 3. The van der Waals surface area contributed by atoms with Crippen LogP contribution in [0.1, 0.15) is 10.4 Å². The number of hydrogen-bond donors (Lipinski definition) is 2. The van der Waals surface area contributed by atoms with E-state index in [1.54, 1.807) is 30.7 Å². The molecular weight excluding hydrogens is 340 g/mol. The van der Waals surface area contributed by atoms with Crippen molar-refractivity contribution in [1.82, 2.24) is 20.3 Å². The lowest BCUT2D eigenvalue weighted by molar-refractivity contribution is 0.0950. The van der Waals surface area contributed by atoms with Crippen molar-refractivity contribution < 1.29 is 13.6 Å². The summed E-state index contributed by atoms with van der Waals surface area (Å²) in [6.07, 6.45) is 4.82. The van der Waals surface area contributed by atoms with E-state index in [0.717, 1.165) is 11.6 Å². The van der Waals surface area contributed by atoms with Crippen LogP contribution in [0, 0.1) is 5.82 Å².